The minimum Gasteiger partial charge on any atom is -0.467 e. The molecule has 27 heavy (non-hydrogen) atoms. The second-order valence-corrected chi connectivity index (χ2v) is 7.33. The Morgan fingerprint density at radius 1 is 1.04 bits per heavy atom. The van der Waals surface area contributed by atoms with Crippen LogP contribution in [0.5, 0.6) is 0 Å². The first-order valence-electron chi connectivity index (χ1n) is 8.69. The molecule has 1 atom stereocenters. The van der Waals surface area contributed by atoms with E-state index in [1.807, 2.05) is 24.3 Å². The zero-order valence-corrected chi connectivity index (χ0v) is 16.0. The fourth-order valence-corrected chi connectivity index (χ4v) is 2.57. The Morgan fingerprint density at radius 2 is 1.63 bits per heavy atom. The molecule has 0 fully saturated rings. The van der Waals surface area contributed by atoms with Gasteiger partial charge >= 0.3 is 12.0 Å². The topological polar surface area (TPSA) is 67.4 Å². The number of anilines is 1. The van der Waals surface area contributed by atoms with Gasteiger partial charge in [0.05, 0.1) is 7.11 Å². The van der Waals surface area contributed by atoms with E-state index in [1.165, 1.54) is 19.2 Å². The van der Waals surface area contributed by atoms with Crippen molar-refractivity contribution < 1.29 is 18.7 Å². The number of urea groups is 1. The Kier molecular flexibility index (Phi) is 6.55. The molecule has 2 amide bonds. The minimum absolute atomic E-state index is 0.0198. The number of ether oxygens (including phenoxy) is 1. The van der Waals surface area contributed by atoms with Crippen LogP contribution in [0.15, 0.2) is 48.5 Å². The van der Waals surface area contributed by atoms with Gasteiger partial charge in [0, 0.05) is 12.1 Å². The summed E-state index contributed by atoms with van der Waals surface area (Å²) in [7, 11) is 1.25. The predicted molar refractivity (Wildman–Crippen MR) is 103 cm³/mol. The summed E-state index contributed by atoms with van der Waals surface area (Å²) in [5.74, 6) is -0.935. The molecule has 6 heteroatoms. The number of hydrogen-bond acceptors (Lipinski definition) is 3. The van der Waals surface area contributed by atoms with Crippen molar-refractivity contribution in [2.24, 2.45) is 0 Å². The Labute approximate surface area is 158 Å². The lowest BCUT2D eigenvalue weighted by atomic mass is 9.87. The summed E-state index contributed by atoms with van der Waals surface area (Å²) in [6.07, 6.45) is 0.198. The lowest BCUT2D eigenvalue weighted by Crippen LogP contribution is -2.45. The Morgan fingerprint density at radius 3 is 2.15 bits per heavy atom. The highest BCUT2D eigenvalue weighted by Crippen LogP contribution is 2.23. The predicted octanol–water partition coefficient (Wildman–Crippen LogP) is 4.03. The molecule has 0 radical (unpaired) electrons. The van der Waals surface area contributed by atoms with E-state index in [4.69, 9.17) is 4.74 Å². The van der Waals surface area contributed by atoms with Crippen LogP contribution >= 0.6 is 0 Å². The number of hydrogen-bond donors (Lipinski definition) is 2. The molecule has 0 aliphatic carbocycles. The molecule has 0 aromatic heterocycles. The molecule has 5 nitrogen and oxygen atoms in total. The van der Waals surface area contributed by atoms with Crippen LogP contribution in [0.3, 0.4) is 0 Å². The van der Waals surface area contributed by atoms with E-state index in [0.717, 1.165) is 5.56 Å². The molecular formula is C21H25FN2O3. The molecule has 0 bridgehead atoms. The van der Waals surface area contributed by atoms with Gasteiger partial charge in [-0.25, -0.2) is 14.0 Å². The second-order valence-electron chi connectivity index (χ2n) is 7.33. The number of benzene rings is 2. The molecule has 0 aliphatic rings. The van der Waals surface area contributed by atoms with Crippen LogP contribution in [0, 0.1) is 5.82 Å². The van der Waals surface area contributed by atoms with Crippen LogP contribution < -0.4 is 10.6 Å². The van der Waals surface area contributed by atoms with Crippen LogP contribution in [-0.2, 0) is 21.4 Å². The molecule has 2 N–H and O–H groups in total. The summed E-state index contributed by atoms with van der Waals surface area (Å²) in [5.41, 5.74) is 2.50. The average Bonchev–Trinajstić information content (AvgIpc) is 2.62. The number of rotatable bonds is 5. The highest BCUT2D eigenvalue weighted by Gasteiger charge is 2.22. The fourth-order valence-electron chi connectivity index (χ4n) is 2.57. The third-order valence-electron chi connectivity index (χ3n) is 4.15. The van der Waals surface area contributed by atoms with E-state index < -0.39 is 18.0 Å². The Balaban J connectivity index is 2.02. The van der Waals surface area contributed by atoms with E-state index >= 15 is 0 Å². The van der Waals surface area contributed by atoms with Crippen molar-refractivity contribution in [2.75, 3.05) is 12.4 Å². The smallest absolute Gasteiger partial charge is 0.328 e. The zero-order chi connectivity index (χ0) is 20.0. The SMILES string of the molecule is COC(=O)C(Cc1ccc(F)cc1)NC(=O)Nc1ccc(C(C)(C)C)cc1. The number of methoxy groups -OCH3 is 1. The maximum atomic E-state index is 13.0. The second kappa shape index (κ2) is 8.66. The molecule has 0 spiro atoms. The van der Waals surface area contributed by atoms with Crippen molar-refractivity contribution in [1.29, 1.82) is 0 Å². The van der Waals surface area contributed by atoms with Gasteiger partial charge in [-0.3, -0.25) is 0 Å². The van der Waals surface area contributed by atoms with Crippen molar-refractivity contribution >= 4 is 17.7 Å². The quantitative estimate of drug-likeness (QED) is 0.779. The maximum Gasteiger partial charge on any atom is 0.328 e. The lowest BCUT2D eigenvalue weighted by molar-refractivity contribution is -0.142. The zero-order valence-electron chi connectivity index (χ0n) is 16.0. The van der Waals surface area contributed by atoms with Crippen molar-refractivity contribution in [3.05, 3.63) is 65.5 Å². The van der Waals surface area contributed by atoms with Crippen LogP contribution in [0.4, 0.5) is 14.9 Å². The normalized spacial score (nSPS) is 12.2. The number of esters is 1. The molecule has 0 heterocycles. The fraction of sp³-hybridized carbons (Fsp3) is 0.333. The first-order valence-corrected chi connectivity index (χ1v) is 8.69. The van der Waals surface area contributed by atoms with Crippen molar-refractivity contribution in [3.63, 3.8) is 0 Å². The average molecular weight is 372 g/mol. The first kappa shape index (κ1) is 20.4. The van der Waals surface area contributed by atoms with E-state index in [9.17, 15) is 14.0 Å². The van der Waals surface area contributed by atoms with Crippen LogP contribution in [0.1, 0.15) is 31.9 Å². The van der Waals surface area contributed by atoms with Gasteiger partial charge < -0.3 is 15.4 Å². The van der Waals surface area contributed by atoms with Gasteiger partial charge in [-0.2, -0.15) is 0 Å². The Hall–Kier alpha value is -2.89. The van der Waals surface area contributed by atoms with Crippen LogP contribution in [0.25, 0.3) is 0 Å². The molecule has 1 unspecified atom stereocenters. The first-order chi connectivity index (χ1) is 12.7. The van der Waals surface area contributed by atoms with E-state index in [2.05, 4.69) is 31.4 Å². The van der Waals surface area contributed by atoms with Gasteiger partial charge in [0.1, 0.15) is 11.9 Å². The highest BCUT2D eigenvalue weighted by atomic mass is 19.1. The van der Waals surface area contributed by atoms with Crippen molar-refractivity contribution in [3.8, 4) is 0 Å². The molecular weight excluding hydrogens is 347 g/mol. The van der Waals surface area contributed by atoms with Gasteiger partial charge in [0.2, 0.25) is 0 Å². The summed E-state index contributed by atoms with van der Waals surface area (Å²) in [6, 6.07) is 11.9. The lowest BCUT2D eigenvalue weighted by Gasteiger charge is -2.20. The molecule has 0 aliphatic heterocycles. The van der Waals surface area contributed by atoms with Gasteiger partial charge in [-0.1, -0.05) is 45.0 Å². The largest absolute Gasteiger partial charge is 0.467 e. The Bertz CT molecular complexity index is 781. The van der Waals surface area contributed by atoms with Crippen LogP contribution in [0.2, 0.25) is 0 Å². The summed E-state index contributed by atoms with van der Waals surface area (Å²) in [4.78, 5) is 24.3. The van der Waals surface area contributed by atoms with Crippen LogP contribution in [-0.4, -0.2) is 25.2 Å². The number of carbonyl (C=O) groups excluding carboxylic acids is 2. The van der Waals surface area contributed by atoms with E-state index in [1.54, 1.807) is 12.1 Å². The number of carbonyl (C=O) groups is 2. The summed E-state index contributed by atoms with van der Waals surface area (Å²) in [6.45, 7) is 6.33. The molecule has 0 saturated heterocycles. The highest BCUT2D eigenvalue weighted by molar-refractivity contribution is 5.92. The standard InChI is InChI=1S/C21H25FN2O3/c1-21(2,3)15-7-11-17(12-8-15)23-20(26)24-18(19(25)27-4)13-14-5-9-16(22)10-6-14/h5-12,18H,13H2,1-4H3,(H2,23,24,26). The van der Waals surface area contributed by atoms with Gasteiger partial charge in [-0.15, -0.1) is 0 Å². The summed E-state index contributed by atoms with van der Waals surface area (Å²) in [5, 5.41) is 5.31. The van der Waals surface area contributed by atoms with Gasteiger partial charge in [-0.05, 0) is 40.8 Å². The summed E-state index contributed by atoms with van der Waals surface area (Å²) < 4.78 is 17.8. The monoisotopic (exact) mass is 372 g/mol. The third kappa shape index (κ3) is 6.09. The van der Waals surface area contributed by atoms with E-state index in [-0.39, 0.29) is 17.7 Å². The maximum absolute atomic E-state index is 13.0. The van der Waals surface area contributed by atoms with Gasteiger partial charge in [0.15, 0.2) is 0 Å². The van der Waals surface area contributed by atoms with Crippen molar-refractivity contribution in [2.45, 2.75) is 38.6 Å². The third-order valence-corrected chi connectivity index (χ3v) is 4.15. The molecule has 2 aromatic rings. The summed E-state index contributed by atoms with van der Waals surface area (Å²) >= 11 is 0. The van der Waals surface area contributed by atoms with Gasteiger partial charge in [0.25, 0.3) is 0 Å². The molecule has 144 valence electrons. The number of amides is 2. The van der Waals surface area contributed by atoms with Crippen molar-refractivity contribution in [1.82, 2.24) is 5.32 Å². The number of halogens is 1. The number of nitrogens with one attached hydrogen (secondary N) is 2. The molecule has 0 saturated carbocycles. The molecule has 2 aromatic carbocycles. The van der Waals surface area contributed by atoms with E-state index in [0.29, 0.717) is 11.3 Å². The molecule has 2 rings (SSSR count). The minimum atomic E-state index is -0.880.